The summed E-state index contributed by atoms with van der Waals surface area (Å²) < 4.78 is 0. The molecule has 2 rings (SSSR count). The van der Waals surface area contributed by atoms with Crippen molar-refractivity contribution in [1.29, 1.82) is 0 Å². The molecule has 0 amide bonds. The predicted octanol–water partition coefficient (Wildman–Crippen LogP) is 3.82. The zero-order valence-electron chi connectivity index (χ0n) is 9.45. The Kier molecular flexibility index (Phi) is 4.36. The summed E-state index contributed by atoms with van der Waals surface area (Å²) >= 11 is 7.92. The second-order valence-corrected chi connectivity index (χ2v) is 5.92. The van der Waals surface area contributed by atoms with Crippen molar-refractivity contribution in [3.05, 3.63) is 23.4 Å². The van der Waals surface area contributed by atoms with Gasteiger partial charge < -0.3 is 5.32 Å². The minimum atomic E-state index is 0.552. The van der Waals surface area contributed by atoms with Crippen LogP contribution in [0.2, 0.25) is 5.15 Å². The molecule has 1 heterocycles. The summed E-state index contributed by atoms with van der Waals surface area (Å²) in [5.41, 5.74) is 0. The van der Waals surface area contributed by atoms with Crippen molar-refractivity contribution >= 4 is 29.2 Å². The van der Waals surface area contributed by atoms with Gasteiger partial charge in [-0.05, 0) is 30.7 Å². The van der Waals surface area contributed by atoms with Gasteiger partial charge in [-0.3, -0.25) is 0 Å². The van der Waals surface area contributed by atoms with E-state index in [2.05, 4.69) is 17.2 Å². The number of nitrogens with zero attached hydrogens (tertiary/aromatic N) is 1. The Morgan fingerprint density at radius 1 is 1.50 bits per heavy atom. The first kappa shape index (κ1) is 12.1. The van der Waals surface area contributed by atoms with Gasteiger partial charge in [0, 0.05) is 11.3 Å². The number of rotatable bonds is 4. The Morgan fingerprint density at radius 2 is 2.38 bits per heavy atom. The molecule has 1 N–H and O–H groups in total. The van der Waals surface area contributed by atoms with Crippen LogP contribution in [0.5, 0.6) is 0 Å². The molecule has 1 aromatic rings. The molecule has 0 saturated heterocycles. The summed E-state index contributed by atoms with van der Waals surface area (Å²) in [5, 5.41) is 4.79. The van der Waals surface area contributed by atoms with Gasteiger partial charge in [-0.1, -0.05) is 31.0 Å². The summed E-state index contributed by atoms with van der Waals surface area (Å²) in [5.74, 6) is 2.09. The number of pyridine rings is 1. The Morgan fingerprint density at radius 3 is 3.12 bits per heavy atom. The third-order valence-electron chi connectivity index (χ3n) is 2.88. The SMILES string of the molecule is CCSC1CCCC1Nc1cccc(Cl)n1. The van der Waals surface area contributed by atoms with Crippen LogP contribution in [0.4, 0.5) is 5.82 Å². The Balaban J connectivity index is 1.98. The molecular weight excluding hydrogens is 240 g/mol. The third-order valence-corrected chi connectivity index (χ3v) is 4.42. The van der Waals surface area contributed by atoms with Crippen LogP contribution in [0, 0.1) is 0 Å². The Hall–Kier alpha value is -0.410. The largest absolute Gasteiger partial charge is 0.366 e. The van der Waals surface area contributed by atoms with E-state index in [1.54, 1.807) is 6.07 Å². The van der Waals surface area contributed by atoms with Gasteiger partial charge in [-0.15, -0.1) is 0 Å². The van der Waals surface area contributed by atoms with Gasteiger partial charge in [-0.25, -0.2) is 4.98 Å². The van der Waals surface area contributed by atoms with Crippen LogP contribution < -0.4 is 5.32 Å². The van der Waals surface area contributed by atoms with Crippen LogP contribution in [0.25, 0.3) is 0 Å². The van der Waals surface area contributed by atoms with Crippen molar-refractivity contribution in [3.63, 3.8) is 0 Å². The normalized spacial score (nSPS) is 24.6. The maximum absolute atomic E-state index is 5.87. The summed E-state index contributed by atoms with van der Waals surface area (Å²) in [7, 11) is 0. The van der Waals surface area contributed by atoms with Gasteiger partial charge >= 0.3 is 0 Å². The molecule has 4 heteroatoms. The lowest BCUT2D eigenvalue weighted by atomic mass is 10.2. The molecule has 1 aliphatic carbocycles. The third kappa shape index (κ3) is 3.05. The highest BCUT2D eigenvalue weighted by Crippen LogP contribution is 2.31. The Bertz CT molecular complexity index is 346. The maximum Gasteiger partial charge on any atom is 0.131 e. The Labute approximate surface area is 106 Å². The average molecular weight is 257 g/mol. The molecular formula is C12H17ClN2S. The van der Waals surface area contributed by atoms with E-state index >= 15 is 0 Å². The van der Waals surface area contributed by atoms with Crippen molar-refractivity contribution in [2.24, 2.45) is 0 Å². The predicted molar refractivity (Wildman–Crippen MR) is 72.4 cm³/mol. The second kappa shape index (κ2) is 5.78. The standard InChI is InChI=1S/C12H17ClN2S/c1-2-16-10-6-3-5-9(10)14-12-8-4-7-11(13)15-12/h4,7-10H,2-3,5-6H2,1H3,(H,14,15). The minimum Gasteiger partial charge on any atom is -0.366 e. The van der Waals surface area contributed by atoms with Crippen LogP contribution in [-0.4, -0.2) is 22.0 Å². The van der Waals surface area contributed by atoms with E-state index in [9.17, 15) is 0 Å². The molecule has 16 heavy (non-hydrogen) atoms. The van der Waals surface area contributed by atoms with Crippen molar-refractivity contribution in [2.45, 2.75) is 37.5 Å². The van der Waals surface area contributed by atoms with Gasteiger partial charge in [0.25, 0.3) is 0 Å². The van der Waals surface area contributed by atoms with Gasteiger partial charge in [-0.2, -0.15) is 11.8 Å². The minimum absolute atomic E-state index is 0.552. The lowest BCUT2D eigenvalue weighted by molar-refractivity contribution is 0.762. The number of aromatic nitrogens is 1. The van der Waals surface area contributed by atoms with Crippen LogP contribution >= 0.6 is 23.4 Å². The van der Waals surface area contributed by atoms with Crippen LogP contribution in [0.15, 0.2) is 18.2 Å². The van der Waals surface area contributed by atoms with Crippen molar-refractivity contribution in [3.8, 4) is 0 Å². The fourth-order valence-electron chi connectivity index (χ4n) is 2.18. The zero-order chi connectivity index (χ0) is 11.4. The molecule has 0 radical (unpaired) electrons. The average Bonchev–Trinajstić information content (AvgIpc) is 2.66. The van der Waals surface area contributed by atoms with Crippen LogP contribution in [0.3, 0.4) is 0 Å². The first-order valence-electron chi connectivity index (χ1n) is 5.80. The molecule has 1 saturated carbocycles. The highest BCUT2D eigenvalue weighted by molar-refractivity contribution is 7.99. The highest BCUT2D eigenvalue weighted by Gasteiger charge is 2.27. The molecule has 2 atom stereocenters. The van der Waals surface area contributed by atoms with Crippen LogP contribution in [-0.2, 0) is 0 Å². The monoisotopic (exact) mass is 256 g/mol. The molecule has 0 spiro atoms. The summed E-state index contributed by atoms with van der Waals surface area (Å²) in [4.78, 5) is 4.28. The van der Waals surface area contributed by atoms with Gasteiger partial charge in [0.15, 0.2) is 0 Å². The van der Waals surface area contributed by atoms with E-state index in [1.807, 2.05) is 23.9 Å². The lowest BCUT2D eigenvalue weighted by Gasteiger charge is -2.20. The smallest absolute Gasteiger partial charge is 0.131 e. The van der Waals surface area contributed by atoms with E-state index in [0.29, 0.717) is 11.2 Å². The number of halogens is 1. The molecule has 1 fully saturated rings. The van der Waals surface area contributed by atoms with Crippen molar-refractivity contribution in [2.75, 3.05) is 11.1 Å². The summed E-state index contributed by atoms with van der Waals surface area (Å²) in [6.45, 7) is 2.22. The number of nitrogens with one attached hydrogen (secondary N) is 1. The number of hydrogen-bond donors (Lipinski definition) is 1. The number of hydrogen-bond acceptors (Lipinski definition) is 3. The van der Waals surface area contributed by atoms with E-state index in [-0.39, 0.29) is 0 Å². The lowest BCUT2D eigenvalue weighted by Crippen LogP contribution is -2.26. The summed E-state index contributed by atoms with van der Waals surface area (Å²) in [6, 6.07) is 6.28. The van der Waals surface area contributed by atoms with E-state index in [4.69, 9.17) is 11.6 Å². The molecule has 1 aromatic heterocycles. The van der Waals surface area contributed by atoms with E-state index in [1.165, 1.54) is 25.0 Å². The molecule has 2 nitrogen and oxygen atoms in total. The van der Waals surface area contributed by atoms with Gasteiger partial charge in [0.1, 0.15) is 11.0 Å². The molecule has 0 bridgehead atoms. The highest BCUT2D eigenvalue weighted by atomic mass is 35.5. The summed E-state index contributed by atoms with van der Waals surface area (Å²) in [6.07, 6.45) is 3.87. The van der Waals surface area contributed by atoms with Gasteiger partial charge in [0.2, 0.25) is 0 Å². The fraction of sp³-hybridized carbons (Fsp3) is 0.583. The van der Waals surface area contributed by atoms with Crippen LogP contribution in [0.1, 0.15) is 26.2 Å². The molecule has 0 aliphatic heterocycles. The molecule has 1 aliphatic rings. The quantitative estimate of drug-likeness (QED) is 0.829. The number of thioether (sulfide) groups is 1. The van der Waals surface area contributed by atoms with E-state index < -0.39 is 0 Å². The van der Waals surface area contributed by atoms with Crippen molar-refractivity contribution < 1.29 is 0 Å². The first-order valence-corrected chi connectivity index (χ1v) is 7.23. The van der Waals surface area contributed by atoms with Gasteiger partial charge in [0.05, 0.1) is 0 Å². The second-order valence-electron chi connectivity index (χ2n) is 4.02. The topological polar surface area (TPSA) is 24.9 Å². The molecule has 0 aromatic carbocycles. The fourth-order valence-corrected chi connectivity index (χ4v) is 3.55. The maximum atomic E-state index is 5.87. The van der Waals surface area contributed by atoms with E-state index in [0.717, 1.165) is 11.1 Å². The molecule has 88 valence electrons. The number of anilines is 1. The van der Waals surface area contributed by atoms with Crippen molar-refractivity contribution in [1.82, 2.24) is 4.98 Å². The zero-order valence-corrected chi connectivity index (χ0v) is 11.0. The first-order chi connectivity index (χ1) is 7.79. The molecule has 2 unspecified atom stereocenters.